The van der Waals surface area contributed by atoms with Gasteiger partial charge in [-0.3, -0.25) is 14.8 Å². The van der Waals surface area contributed by atoms with Crippen molar-refractivity contribution < 1.29 is 4.79 Å². The molecule has 1 N–H and O–H groups in total. The van der Waals surface area contributed by atoms with Gasteiger partial charge in [0.15, 0.2) is 10.9 Å². The molecule has 1 amide bonds. The molecule has 1 saturated heterocycles. The number of carbonyl (C=O) groups excluding carboxylic acids is 1. The van der Waals surface area contributed by atoms with Crippen molar-refractivity contribution >= 4 is 34.3 Å². The predicted molar refractivity (Wildman–Crippen MR) is 109 cm³/mol. The van der Waals surface area contributed by atoms with Gasteiger partial charge in [0.1, 0.15) is 5.69 Å². The summed E-state index contributed by atoms with van der Waals surface area (Å²) in [5.41, 5.74) is 1.67. The maximum Gasteiger partial charge on any atom is 0.247 e. The van der Waals surface area contributed by atoms with E-state index in [4.69, 9.17) is 0 Å². The van der Waals surface area contributed by atoms with Crippen LogP contribution in [-0.2, 0) is 4.79 Å². The Hall–Kier alpha value is -3.13. The molecule has 1 fully saturated rings. The van der Waals surface area contributed by atoms with E-state index in [0.717, 1.165) is 34.1 Å². The summed E-state index contributed by atoms with van der Waals surface area (Å²) < 4.78 is 0. The maximum absolute atomic E-state index is 12.8. The Balaban J connectivity index is 1.55. The molecular weight excluding hydrogens is 372 g/mol. The van der Waals surface area contributed by atoms with Crippen molar-refractivity contribution in [2.45, 2.75) is 25.8 Å². The highest BCUT2D eigenvalue weighted by Crippen LogP contribution is 2.35. The van der Waals surface area contributed by atoms with Crippen molar-refractivity contribution in [2.24, 2.45) is 0 Å². The van der Waals surface area contributed by atoms with Crippen LogP contribution in [0.3, 0.4) is 0 Å². The monoisotopic (exact) mass is 392 g/mol. The highest BCUT2D eigenvalue weighted by molar-refractivity contribution is 7.15. The predicted octanol–water partition coefficient (Wildman–Crippen LogP) is 3.76. The summed E-state index contributed by atoms with van der Waals surface area (Å²) in [6, 6.07) is 3.66. The molecule has 3 aromatic heterocycles. The number of likely N-dealkylation sites (tertiary alicyclic amines) is 1. The molecule has 0 spiro atoms. The Labute approximate surface area is 167 Å². The van der Waals surface area contributed by atoms with Crippen LogP contribution < -0.4 is 5.32 Å². The zero-order valence-corrected chi connectivity index (χ0v) is 16.3. The SMILES string of the molecule is Cc1cnc(Nc2nccnc2[C@@H]2CCCN2C(=O)/C=C/c2cccnc2)s1. The molecule has 0 aromatic carbocycles. The van der Waals surface area contributed by atoms with Gasteiger partial charge in [0.05, 0.1) is 6.04 Å². The number of nitrogens with one attached hydrogen (secondary N) is 1. The zero-order chi connectivity index (χ0) is 19.3. The van der Waals surface area contributed by atoms with Crippen LogP contribution >= 0.6 is 11.3 Å². The normalized spacial score (nSPS) is 16.6. The number of hydrogen-bond donors (Lipinski definition) is 1. The number of carbonyl (C=O) groups is 1. The van der Waals surface area contributed by atoms with E-state index in [2.05, 4.69) is 25.3 Å². The summed E-state index contributed by atoms with van der Waals surface area (Å²) >= 11 is 1.56. The third-order valence-corrected chi connectivity index (χ3v) is 5.36. The molecule has 1 aliphatic heterocycles. The van der Waals surface area contributed by atoms with Crippen molar-refractivity contribution in [3.05, 3.63) is 65.3 Å². The lowest BCUT2D eigenvalue weighted by molar-refractivity contribution is -0.126. The number of aryl methyl sites for hydroxylation is 1. The van der Waals surface area contributed by atoms with E-state index >= 15 is 0 Å². The Bertz CT molecular complexity index is 987. The standard InChI is InChI=1S/C20H20N6OS/c1-14-12-24-20(28-14)25-19-18(22-9-10-23-19)16-5-3-11-26(16)17(27)7-6-15-4-2-8-21-13-15/h2,4,6-10,12-13,16H,3,5,11H2,1H3,(H,23,24,25)/b7-6+/t16-/m0/s1. The van der Waals surface area contributed by atoms with Gasteiger partial charge in [-0.25, -0.2) is 9.97 Å². The van der Waals surface area contributed by atoms with E-state index in [1.54, 1.807) is 48.3 Å². The molecule has 0 aliphatic carbocycles. The van der Waals surface area contributed by atoms with Gasteiger partial charge in [0.2, 0.25) is 5.91 Å². The van der Waals surface area contributed by atoms with Gasteiger partial charge in [-0.05, 0) is 37.5 Å². The van der Waals surface area contributed by atoms with Gasteiger partial charge in [0.25, 0.3) is 0 Å². The third-order valence-electron chi connectivity index (χ3n) is 4.53. The second-order valence-corrected chi connectivity index (χ2v) is 7.74. The van der Waals surface area contributed by atoms with E-state index in [1.165, 1.54) is 0 Å². The smallest absolute Gasteiger partial charge is 0.247 e. The molecule has 28 heavy (non-hydrogen) atoms. The molecule has 1 atom stereocenters. The first-order chi connectivity index (χ1) is 13.7. The molecule has 0 bridgehead atoms. The van der Waals surface area contributed by atoms with Crippen LogP contribution in [0.1, 0.15) is 35.0 Å². The molecule has 0 unspecified atom stereocenters. The topological polar surface area (TPSA) is 83.9 Å². The number of anilines is 2. The summed E-state index contributed by atoms with van der Waals surface area (Å²) in [5, 5.41) is 4.03. The molecule has 4 heterocycles. The number of nitrogens with zero attached hydrogens (tertiary/aromatic N) is 5. The number of aromatic nitrogens is 4. The minimum absolute atomic E-state index is 0.0342. The van der Waals surface area contributed by atoms with Crippen molar-refractivity contribution in [1.82, 2.24) is 24.8 Å². The van der Waals surface area contributed by atoms with Gasteiger partial charge in [-0.1, -0.05) is 6.07 Å². The van der Waals surface area contributed by atoms with Gasteiger partial charge < -0.3 is 10.2 Å². The van der Waals surface area contributed by atoms with E-state index in [1.807, 2.05) is 30.2 Å². The van der Waals surface area contributed by atoms with Crippen LogP contribution in [0.4, 0.5) is 10.9 Å². The molecular formula is C20H20N6OS. The summed E-state index contributed by atoms with van der Waals surface area (Å²) in [7, 11) is 0. The number of thiazole rings is 1. The number of rotatable bonds is 5. The second-order valence-electron chi connectivity index (χ2n) is 6.50. The van der Waals surface area contributed by atoms with Crippen molar-refractivity contribution in [1.29, 1.82) is 0 Å². The summed E-state index contributed by atoms with van der Waals surface area (Å²) in [4.78, 5) is 33.2. The first-order valence-corrected chi connectivity index (χ1v) is 9.91. The summed E-state index contributed by atoms with van der Waals surface area (Å²) in [5.74, 6) is 0.617. The lowest BCUT2D eigenvalue weighted by Gasteiger charge is -2.24. The quantitative estimate of drug-likeness (QED) is 0.666. The van der Waals surface area contributed by atoms with Crippen LogP contribution in [0.2, 0.25) is 0 Å². The zero-order valence-electron chi connectivity index (χ0n) is 15.4. The minimum atomic E-state index is -0.108. The number of amides is 1. The molecule has 142 valence electrons. The molecule has 0 radical (unpaired) electrons. The number of pyridine rings is 1. The lowest BCUT2D eigenvalue weighted by atomic mass is 10.1. The molecule has 3 aromatic rings. The molecule has 7 nitrogen and oxygen atoms in total. The molecule has 8 heteroatoms. The van der Waals surface area contributed by atoms with E-state index in [9.17, 15) is 4.79 Å². The maximum atomic E-state index is 12.8. The highest BCUT2D eigenvalue weighted by Gasteiger charge is 2.32. The highest BCUT2D eigenvalue weighted by atomic mass is 32.1. The van der Waals surface area contributed by atoms with Crippen LogP contribution in [0.5, 0.6) is 0 Å². The Morgan fingerprint density at radius 3 is 2.93 bits per heavy atom. The Morgan fingerprint density at radius 1 is 1.25 bits per heavy atom. The van der Waals surface area contributed by atoms with Gasteiger partial charge in [-0.2, -0.15) is 0 Å². The molecule has 1 aliphatic rings. The average Bonchev–Trinajstić information content (AvgIpc) is 3.36. The van der Waals surface area contributed by atoms with E-state index in [-0.39, 0.29) is 11.9 Å². The lowest BCUT2D eigenvalue weighted by Crippen LogP contribution is -2.30. The van der Waals surface area contributed by atoms with Crippen molar-refractivity contribution in [2.75, 3.05) is 11.9 Å². The van der Waals surface area contributed by atoms with Crippen LogP contribution in [-0.4, -0.2) is 37.3 Å². The van der Waals surface area contributed by atoms with Gasteiger partial charge >= 0.3 is 0 Å². The first-order valence-electron chi connectivity index (χ1n) is 9.10. The van der Waals surface area contributed by atoms with Crippen LogP contribution in [0, 0.1) is 6.92 Å². The third kappa shape index (κ3) is 4.07. The minimum Gasteiger partial charge on any atom is -0.330 e. The number of hydrogen-bond acceptors (Lipinski definition) is 7. The Kier molecular flexibility index (Phi) is 5.38. The van der Waals surface area contributed by atoms with Crippen LogP contribution in [0.25, 0.3) is 6.08 Å². The van der Waals surface area contributed by atoms with Gasteiger partial charge in [0, 0.05) is 48.5 Å². The fourth-order valence-electron chi connectivity index (χ4n) is 3.26. The fraction of sp³-hybridized carbons (Fsp3) is 0.250. The summed E-state index contributed by atoms with van der Waals surface area (Å²) in [6.45, 7) is 2.71. The summed E-state index contributed by atoms with van der Waals surface area (Å²) in [6.07, 6.45) is 13.8. The largest absolute Gasteiger partial charge is 0.330 e. The molecule has 0 saturated carbocycles. The van der Waals surface area contributed by atoms with Gasteiger partial charge in [-0.15, -0.1) is 11.3 Å². The second kappa shape index (κ2) is 8.26. The average molecular weight is 392 g/mol. The first kappa shape index (κ1) is 18.2. The van der Waals surface area contributed by atoms with E-state index < -0.39 is 0 Å². The van der Waals surface area contributed by atoms with Crippen molar-refractivity contribution in [3.63, 3.8) is 0 Å². The Morgan fingerprint density at radius 2 is 2.14 bits per heavy atom. The molecule has 4 rings (SSSR count). The van der Waals surface area contributed by atoms with Crippen molar-refractivity contribution in [3.8, 4) is 0 Å². The van der Waals surface area contributed by atoms with Crippen LogP contribution in [0.15, 0.2) is 49.2 Å². The van der Waals surface area contributed by atoms with E-state index in [0.29, 0.717) is 12.4 Å². The fourth-order valence-corrected chi connectivity index (χ4v) is 3.92.